The maximum Gasteiger partial charge on any atom is 0.252 e. The molecule has 2 amide bonds. The zero-order chi connectivity index (χ0) is 18.4. The van der Waals surface area contributed by atoms with E-state index in [1.807, 2.05) is 59.5 Å². The van der Waals surface area contributed by atoms with E-state index in [-0.39, 0.29) is 17.7 Å². The van der Waals surface area contributed by atoms with Crippen molar-refractivity contribution >= 4 is 23.6 Å². The number of hydrogen-bond donors (Lipinski definition) is 1. The highest BCUT2D eigenvalue weighted by Gasteiger charge is 2.29. The van der Waals surface area contributed by atoms with E-state index in [1.54, 1.807) is 11.8 Å². The lowest BCUT2D eigenvalue weighted by Gasteiger charge is -2.17. The van der Waals surface area contributed by atoms with Crippen LogP contribution in [0, 0.1) is 5.92 Å². The van der Waals surface area contributed by atoms with Crippen LogP contribution in [0.3, 0.4) is 0 Å². The van der Waals surface area contributed by atoms with Crippen LogP contribution in [-0.4, -0.2) is 35.6 Å². The van der Waals surface area contributed by atoms with E-state index >= 15 is 0 Å². The molecule has 5 heteroatoms. The fourth-order valence-corrected chi connectivity index (χ4v) is 4.02. The van der Waals surface area contributed by atoms with Gasteiger partial charge in [-0.1, -0.05) is 49.4 Å². The summed E-state index contributed by atoms with van der Waals surface area (Å²) in [6, 6.07) is 17.7. The van der Waals surface area contributed by atoms with Crippen molar-refractivity contribution < 1.29 is 9.59 Å². The maximum absolute atomic E-state index is 12.5. The van der Waals surface area contributed by atoms with Gasteiger partial charge < -0.3 is 10.2 Å². The Balaban J connectivity index is 1.54. The van der Waals surface area contributed by atoms with Gasteiger partial charge in [-0.15, -0.1) is 11.8 Å². The van der Waals surface area contributed by atoms with Crippen LogP contribution in [0.15, 0.2) is 59.5 Å². The summed E-state index contributed by atoms with van der Waals surface area (Å²) in [7, 11) is 0. The predicted molar refractivity (Wildman–Crippen MR) is 105 cm³/mol. The molecule has 1 heterocycles. The molecule has 0 spiro atoms. The van der Waals surface area contributed by atoms with Crippen LogP contribution in [0.2, 0.25) is 0 Å². The van der Waals surface area contributed by atoms with E-state index in [0.717, 1.165) is 16.2 Å². The second kappa shape index (κ2) is 8.90. The molecule has 1 saturated heterocycles. The van der Waals surface area contributed by atoms with Crippen LogP contribution in [-0.2, 0) is 11.3 Å². The van der Waals surface area contributed by atoms with Gasteiger partial charge in [-0.05, 0) is 23.4 Å². The summed E-state index contributed by atoms with van der Waals surface area (Å²) in [5.41, 5.74) is 1.85. The van der Waals surface area contributed by atoms with Crippen molar-refractivity contribution in [3.63, 3.8) is 0 Å². The molecule has 136 valence electrons. The third-order valence-corrected chi connectivity index (χ3v) is 5.45. The lowest BCUT2D eigenvalue weighted by molar-refractivity contribution is -0.128. The van der Waals surface area contributed by atoms with E-state index in [9.17, 15) is 9.59 Å². The van der Waals surface area contributed by atoms with Crippen molar-refractivity contribution in [3.8, 4) is 0 Å². The van der Waals surface area contributed by atoms with E-state index in [2.05, 4.69) is 12.2 Å². The lowest BCUT2D eigenvalue weighted by atomic mass is 10.1. The molecule has 1 N–H and O–H groups in total. The fourth-order valence-electron chi connectivity index (χ4n) is 3.22. The van der Waals surface area contributed by atoms with Crippen molar-refractivity contribution in [1.82, 2.24) is 10.2 Å². The molecule has 1 unspecified atom stereocenters. The van der Waals surface area contributed by atoms with Gasteiger partial charge in [0.25, 0.3) is 5.91 Å². The molecular formula is C21H24N2O2S. The van der Waals surface area contributed by atoms with Gasteiger partial charge in [0, 0.05) is 36.9 Å². The van der Waals surface area contributed by atoms with Gasteiger partial charge in [0.1, 0.15) is 0 Å². The Kier molecular flexibility index (Phi) is 6.34. The minimum atomic E-state index is -0.0597. The number of carbonyl (C=O) groups is 2. The monoisotopic (exact) mass is 368 g/mol. The first-order valence-corrected chi connectivity index (χ1v) is 9.97. The third kappa shape index (κ3) is 4.67. The molecule has 26 heavy (non-hydrogen) atoms. The molecule has 1 fully saturated rings. The number of benzene rings is 2. The number of likely N-dealkylation sites (tertiary alicyclic amines) is 1. The highest BCUT2D eigenvalue weighted by Crippen LogP contribution is 2.23. The zero-order valence-corrected chi connectivity index (χ0v) is 15.8. The summed E-state index contributed by atoms with van der Waals surface area (Å²) < 4.78 is 0. The van der Waals surface area contributed by atoms with E-state index in [1.165, 1.54) is 0 Å². The Morgan fingerprint density at radius 3 is 2.65 bits per heavy atom. The van der Waals surface area contributed by atoms with E-state index in [0.29, 0.717) is 31.6 Å². The van der Waals surface area contributed by atoms with Crippen LogP contribution in [0.5, 0.6) is 0 Å². The zero-order valence-electron chi connectivity index (χ0n) is 15.0. The number of amides is 2. The van der Waals surface area contributed by atoms with Gasteiger partial charge in [0.2, 0.25) is 5.91 Å². The fraction of sp³-hybridized carbons (Fsp3) is 0.333. The maximum atomic E-state index is 12.5. The van der Waals surface area contributed by atoms with Gasteiger partial charge in [0.05, 0.1) is 5.56 Å². The summed E-state index contributed by atoms with van der Waals surface area (Å²) >= 11 is 1.67. The average molecular weight is 369 g/mol. The average Bonchev–Trinajstić information content (AvgIpc) is 3.01. The SMILES string of the molecule is CCSc1ccccc1C(=O)NCC1CC(=O)N(Cc2ccccc2)C1. The molecule has 0 aliphatic carbocycles. The summed E-state index contributed by atoms with van der Waals surface area (Å²) in [6.07, 6.45) is 0.498. The van der Waals surface area contributed by atoms with Crippen LogP contribution in [0.1, 0.15) is 29.3 Å². The van der Waals surface area contributed by atoms with Crippen LogP contribution in [0.4, 0.5) is 0 Å². The van der Waals surface area contributed by atoms with Gasteiger partial charge >= 0.3 is 0 Å². The number of hydrogen-bond acceptors (Lipinski definition) is 3. The number of rotatable bonds is 7. The highest BCUT2D eigenvalue weighted by molar-refractivity contribution is 7.99. The van der Waals surface area contributed by atoms with Gasteiger partial charge in [0.15, 0.2) is 0 Å². The molecule has 1 aliphatic heterocycles. The topological polar surface area (TPSA) is 49.4 Å². The lowest BCUT2D eigenvalue weighted by Crippen LogP contribution is -2.31. The first-order valence-electron chi connectivity index (χ1n) is 8.99. The minimum absolute atomic E-state index is 0.0597. The largest absolute Gasteiger partial charge is 0.352 e. The molecule has 2 aromatic rings. The molecular weight excluding hydrogens is 344 g/mol. The summed E-state index contributed by atoms with van der Waals surface area (Å²) in [5, 5.41) is 3.01. The van der Waals surface area contributed by atoms with Crippen molar-refractivity contribution in [2.45, 2.75) is 24.8 Å². The third-order valence-electron chi connectivity index (χ3n) is 4.49. The molecule has 1 aliphatic rings. The van der Waals surface area contributed by atoms with Crippen LogP contribution in [0.25, 0.3) is 0 Å². The minimum Gasteiger partial charge on any atom is -0.352 e. The normalized spacial score (nSPS) is 16.7. The Morgan fingerprint density at radius 2 is 1.88 bits per heavy atom. The molecule has 0 radical (unpaired) electrons. The number of thioether (sulfide) groups is 1. The summed E-state index contributed by atoms with van der Waals surface area (Å²) in [4.78, 5) is 27.7. The molecule has 1 atom stereocenters. The van der Waals surface area contributed by atoms with E-state index < -0.39 is 0 Å². The molecule has 3 rings (SSSR count). The molecule has 4 nitrogen and oxygen atoms in total. The van der Waals surface area contributed by atoms with Crippen LogP contribution >= 0.6 is 11.8 Å². The van der Waals surface area contributed by atoms with Crippen molar-refractivity contribution in [2.75, 3.05) is 18.8 Å². The molecule has 2 aromatic carbocycles. The number of nitrogens with one attached hydrogen (secondary N) is 1. The Hall–Kier alpha value is -2.27. The van der Waals surface area contributed by atoms with Crippen molar-refractivity contribution in [2.24, 2.45) is 5.92 Å². The van der Waals surface area contributed by atoms with Gasteiger partial charge in [-0.25, -0.2) is 0 Å². The summed E-state index contributed by atoms with van der Waals surface area (Å²) in [6.45, 7) is 3.94. The number of nitrogens with zero attached hydrogens (tertiary/aromatic N) is 1. The standard InChI is InChI=1S/C21H24N2O2S/c1-2-26-19-11-7-6-10-18(19)21(25)22-13-17-12-20(24)23(15-17)14-16-8-4-3-5-9-16/h3-11,17H,2,12-15H2,1H3,(H,22,25). The van der Waals surface area contributed by atoms with Gasteiger partial charge in [-0.2, -0.15) is 0 Å². The highest BCUT2D eigenvalue weighted by atomic mass is 32.2. The first kappa shape index (κ1) is 18.5. The smallest absolute Gasteiger partial charge is 0.252 e. The van der Waals surface area contributed by atoms with Crippen molar-refractivity contribution in [1.29, 1.82) is 0 Å². The quantitative estimate of drug-likeness (QED) is 0.760. The Labute approximate surface area is 159 Å². The number of carbonyl (C=O) groups excluding carboxylic acids is 2. The second-order valence-electron chi connectivity index (χ2n) is 6.47. The first-order chi connectivity index (χ1) is 12.7. The Morgan fingerprint density at radius 1 is 1.15 bits per heavy atom. The second-order valence-corrected chi connectivity index (χ2v) is 7.78. The van der Waals surface area contributed by atoms with E-state index in [4.69, 9.17) is 0 Å². The molecule has 0 aromatic heterocycles. The predicted octanol–water partition coefficient (Wildman–Crippen LogP) is 3.58. The Bertz CT molecular complexity index is 764. The molecule has 0 bridgehead atoms. The van der Waals surface area contributed by atoms with Crippen molar-refractivity contribution in [3.05, 3.63) is 65.7 Å². The molecule has 0 saturated carbocycles. The summed E-state index contributed by atoms with van der Waals surface area (Å²) in [5.74, 6) is 1.20. The van der Waals surface area contributed by atoms with Crippen LogP contribution < -0.4 is 5.32 Å². The van der Waals surface area contributed by atoms with Gasteiger partial charge in [-0.3, -0.25) is 9.59 Å².